The van der Waals surface area contributed by atoms with Crippen molar-refractivity contribution in [1.82, 2.24) is 5.43 Å². The van der Waals surface area contributed by atoms with Gasteiger partial charge in [-0.1, -0.05) is 36.4 Å². The second-order valence-electron chi connectivity index (χ2n) is 3.48. The zero-order chi connectivity index (χ0) is 12.1. The first-order valence-electron chi connectivity index (χ1n) is 5.23. The second-order valence-corrected chi connectivity index (χ2v) is 3.48. The maximum absolute atomic E-state index is 11.0. The first kappa shape index (κ1) is 14.5. The van der Waals surface area contributed by atoms with Gasteiger partial charge < -0.3 is 5.73 Å². The number of nitrogens with one attached hydrogen (secondary N) is 1. The van der Waals surface area contributed by atoms with Crippen molar-refractivity contribution in [3.8, 4) is 0 Å². The SMILES string of the molecule is NC(=O)NN(c1ccccc1)c1ccccc1.[Hg]. The quantitative estimate of drug-likeness (QED) is 0.584. The molecule has 5 heteroatoms. The minimum absolute atomic E-state index is 0. The molecule has 18 heavy (non-hydrogen) atoms. The van der Waals surface area contributed by atoms with Crippen LogP contribution >= 0.6 is 0 Å². The van der Waals surface area contributed by atoms with E-state index in [9.17, 15) is 4.79 Å². The van der Waals surface area contributed by atoms with E-state index in [4.69, 9.17) is 5.73 Å². The Balaban J connectivity index is 0.00000162. The molecular weight excluding hydrogens is 415 g/mol. The van der Waals surface area contributed by atoms with E-state index in [1.165, 1.54) is 0 Å². The number of para-hydroxylation sites is 2. The van der Waals surface area contributed by atoms with Crippen molar-refractivity contribution in [3.05, 3.63) is 60.7 Å². The van der Waals surface area contributed by atoms with E-state index in [1.807, 2.05) is 60.7 Å². The van der Waals surface area contributed by atoms with E-state index in [-0.39, 0.29) is 27.7 Å². The summed E-state index contributed by atoms with van der Waals surface area (Å²) in [5, 5.41) is 1.64. The average Bonchev–Trinajstić information content (AvgIpc) is 2.38. The molecule has 0 atom stereocenters. The number of primary amides is 1. The van der Waals surface area contributed by atoms with Gasteiger partial charge in [0.25, 0.3) is 0 Å². The first-order valence-corrected chi connectivity index (χ1v) is 5.23. The summed E-state index contributed by atoms with van der Waals surface area (Å²) in [5.41, 5.74) is 9.45. The number of carbonyl (C=O) groups excluding carboxylic acids is 1. The van der Waals surface area contributed by atoms with Gasteiger partial charge in [0, 0.05) is 27.7 Å². The van der Waals surface area contributed by atoms with Crippen LogP contribution in [0.2, 0.25) is 0 Å². The molecule has 88 valence electrons. The van der Waals surface area contributed by atoms with Gasteiger partial charge in [0.05, 0.1) is 11.4 Å². The average molecular weight is 428 g/mol. The number of amides is 2. The Labute approximate surface area is 126 Å². The van der Waals surface area contributed by atoms with Gasteiger partial charge in [0.2, 0.25) is 0 Å². The Hall–Kier alpha value is -1.55. The smallest absolute Gasteiger partial charge is 0.331 e. The van der Waals surface area contributed by atoms with Gasteiger partial charge in [-0.25, -0.2) is 10.2 Å². The number of urea groups is 1. The number of hydrogen-bond donors (Lipinski definition) is 2. The number of hydrazine groups is 1. The molecular formula is C13H13HgN3O. The number of hydrogen-bond acceptors (Lipinski definition) is 2. The summed E-state index contributed by atoms with van der Waals surface area (Å²) < 4.78 is 0. The van der Waals surface area contributed by atoms with Gasteiger partial charge in [0.1, 0.15) is 0 Å². The molecule has 0 saturated carbocycles. The minimum Gasteiger partial charge on any atom is -0.350 e. The Kier molecular flexibility index (Phi) is 5.65. The van der Waals surface area contributed by atoms with E-state index in [0.717, 1.165) is 11.4 Å². The van der Waals surface area contributed by atoms with Crippen LogP contribution in [0.4, 0.5) is 16.2 Å². The van der Waals surface area contributed by atoms with Crippen LogP contribution in [0.1, 0.15) is 0 Å². The van der Waals surface area contributed by atoms with Gasteiger partial charge >= 0.3 is 6.03 Å². The van der Waals surface area contributed by atoms with Crippen LogP contribution in [0.5, 0.6) is 0 Å². The Morgan fingerprint density at radius 2 is 1.28 bits per heavy atom. The molecule has 0 aliphatic heterocycles. The fraction of sp³-hybridized carbons (Fsp3) is 0. The van der Waals surface area contributed by atoms with Crippen LogP contribution in [-0.2, 0) is 27.7 Å². The molecule has 0 spiro atoms. The van der Waals surface area contributed by atoms with Crippen LogP contribution in [0.3, 0.4) is 0 Å². The first-order chi connectivity index (χ1) is 8.27. The largest absolute Gasteiger partial charge is 0.350 e. The molecule has 0 heterocycles. The molecule has 2 aromatic rings. The number of rotatable bonds is 3. The van der Waals surface area contributed by atoms with Crippen LogP contribution < -0.4 is 16.2 Å². The zero-order valence-electron chi connectivity index (χ0n) is 9.91. The Morgan fingerprint density at radius 1 is 0.889 bits per heavy atom. The van der Waals surface area contributed by atoms with E-state index in [1.54, 1.807) is 5.01 Å². The molecule has 3 N–H and O–H groups in total. The molecule has 0 aliphatic carbocycles. The number of anilines is 2. The standard InChI is InChI=1S/C13H13N3O.Hg/c14-13(17)15-16(11-7-3-1-4-8-11)12-9-5-2-6-10-12;/h1-10H,(H3,14,15,17);. The molecule has 0 aromatic heterocycles. The maximum atomic E-state index is 11.0. The van der Waals surface area contributed by atoms with E-state index < -0.39 is 6.03 Å². The van der Waals surface area contributed by atoms with Gasteiger partial charge in [-0.3, -0.25) is 5.01 Å². The third-order valence-electron chi connectivity index (χ3n) is 2.25. The fourth-order valence-electron chi connectivity index (χ4n) is 1.54. The van der Waals surface area contributed by atoms with E-state index >= 15 is 0 Å². The van der Waals surface area contributed by atoms with E-state index in [0.29, 0.717) is 0 Å². The number of carbonyl (C=O) groups is 1. The van der Waals surface area contributed by atoms with Gasteiger partial charge in [-0.05, 0) is 24.3 Å². The van der Waals surface area contributed by atoms with E-state index in [2.05, 4.69) is 5.43 Å². The van der Waals surface area contributed by atoms with Crippen molar-refractivity contribution in [1.29, 1.82) is 0 Å². The summed E-state index contributed by atoms with van der Waals surface area (Å²) >= 11 is 0. The Morgan fingerprint density at radius 3 is 1.61 bits per heavy atom. The fourth-order valence-corrected chi connectivity index (χ4v) is 1.54. The van der Waals surface area contributed by atoms with Crippen molar-refractivity contribution in [2.45, 2.75) is 0 Å². The predicted molar refractivity (Wildman–Crippen MR) is 67.7 cm³/mol. The van der Waals surface area contributed by atoms with Crippen LogP contribution in [0, 0.1) is 0 Å². The molecule has 0 saturated heterocycles. The predicted octanol–water partition coefficient (Wildman–Crippen LogP) is 2.41. The minimum atomic E-state index is -0.599. The van der Waals surface area contributed by atoms with Crippen LogP contribution in [-0.4, -0.2) is 6.03 Å². The van der Waals surface area contributed by atoms with Crippen molar-refractivity contribution in [2.75, 3.05) is 5.01 Å². The summed E-state index contributed by atoms with van der Waals surface area (Å²) in [5.74, 6) is 0. The molecule has 2 rings (SSSR count). The summed E-state index contributed by atoms with van der Waals surface area (Å²) in [7, 11) is 0. The number of nitrogens with two attached hydrogens (primary N) is 1. The van der Waals surface area contributed by atoms with Crippen LogP contribution in [0.25, 0.3) is 0 Å². The molecule has 2 amide bonds. The molecule has 0 aliphatic rings. The van der Waals surface area contributed by atoms with Gasteiger partial charge in [0.15, 0.2) is 0 Å². The number of benzene rings is 2. The molecule has 4 nitrogen and oxygen atoms in total. The van der Waals surface area contributed by atoms with Crippen molar-refractivity contribution in [2.24, 2.45) is 5.73 Å². The van der Waals surface area contributed by atoms with Crippen LogP contribution in [0.15, 0.2) is 60.7 Å². The van der Waals surface area contributed by atoms with Crippen molar-refractivity contribution < 1.29 is 32.5 Å². The molecule has 2 aromatic carbocycles. The maximum Gasteiger partial charge on any atom is 0.331 e. The Bertz CT molecular complexity index is 451. The molecule has 0 unspecified atom stereocenters. The topological polar surface area (TPSA) is 58.4 Å². The summed E-state index contributed by atoms with van der Waals surface area (Å²) in [6, 6.07) is 18.4. The third-order valence-corrected chi connectivity index (χ3v) is 2.25. The summed E-state index contributed by atoms with van der Waals surface area (Å²) in [6.45, 7) is 0. The summed E-state index contributed by atoms with van der Waals surface area (Å²) in [6.07, 6.45) is 0. The normalized spacial score (nSPS) is 9.11. The molecule has 0 fully saturated rings. The van der Waals surface area contributed by atoms with Gasteiger partial charge in [-0.2, -0.15) is 0 Å². The zero-order valence-corrected chi connectivity index (χ0v) is 15.4. The van der Waals surface area contributed by atoms with Crippen molar-refractivity contribution in [3.63, 3.8) is 0 Å². The molecule has 0 radical (unpaired) electrons. The third kappa shape index (κ3) is 3.73. The second kappa shape index (κ2) is 7.01. The number of nitrogens with zero attached hydrogens (tertiary/aromatic N) is 1. The van der Waals surface area contributed by atoms with Gasteiger partial charge in [-0.15, -0.1) is 0 Å². The molecule has 0 bridgehead atoms. The summed E-state index contributed by atoms with van der Waals surface area (Å²) in [4.78, 5) is 11.0. The van der Waals surface area contributed by atoms with Crippen molar-refractivity contribution >= 4 is 17.4 Å². The monoisotopic (exact) mass is 429 g/mol.